The fraction of sp³-hybridized carbons (Fsp3) is 0.333. The Morgan fingerprint density at radius 2 is 1.62 bits per heavy atom. The fourth-order valence-corrected chi connectivity index (χ4v) is 5.28. The first kappa shape index (κ1) is 27.7. The lowest BCUT2D eigenvalue weighted by Gasteiger charge is -2.25. The number of imide groups is 1. The molecule has 3 rings (SSSR count). The second-order valence-corrected chi connectivity index (χ2v) is 11.2. The zero-order chi connectivity index (χ0) is 27.8. The number of rotatable bonds is 9. The number of nitrogens with one attached hydrogen (secondary N) is 1. The van der Waals surface area contributed by atoms with Crippen LogP contribution in [0.5, 0.6) is 0 Å². The molecule has 2 aromatic carbocycles. The minimum atomic E-state index is -4.36. The van der Waals surface area contributed by atoms with Gasteiger partial charge in [-0.25, -0.2) is 22.4 Å². The Morgan fingerprint density at radius 3 is 2.11 bits per heavy atom. The molecule has 1 fully saturated rings. The Hall–Kier alpha value is -3.84. The lowest BCUT2D eigenvalue weighted by atomic mass is 10.0. The summed E-state index contributed by atoms with van der Waals surface area (Å²) in [6, 6.07) is 8.89. The summed E-state index contributed by atoms with van der Waals surface area (Å²) in [5, 5.41) is 22.8. The number of carbonyl (C=O) groups excluding carboxylic acids is 3. The minimum Gasteiger partial charge on any atom is -0.479 e. The van der Waals surface area contributed by atoms with E-state index >= 15 is 0 Å². The topological polar surface area (TPSA) is 161 Å². The van der Waals surface area contributed by atoms with Crippen molar-refractivity contribution in [2.24, 2.45) is 0 Å². The molecule has 1 aliphatic rings. The van der Waals surface area contributed by atoms with E-state index in [2.05, 4.69) is 5.32 Å². The molecule has 198 valence electrons. The fourth-order valence-electron chi connectivity index (χ4n) is 3.66. The number of amides is 4. The average Bonchev–Trinajstić information content (AvgIpc) is 2.97. The SMILES string of the molecule is CN1C(=O)N(CCC(O)(CS(=O)(=O)c2ccc(NC(=O)c3ccc(F)cc3)cc2)C(=O)O)C(=O)C1(C)C. The minimum absolute atomic E-state index is 0.175. The third kappa shape index (κ3) is 5.62. The molecule has 0 radical (unpaired) electrons. The summed E-state index contributed by atoms with van der Waals surface area (Å²) < 4.78 is 38.9. The molecule has 3 N–H and O–H groups in total. The first-order chi connectivity index (χ1) is 17.1. The standard InChI is InChI=1S/C24H26FN3O8S/c1-23(2)20(30)28(22(33)27(23)3)13-12-24(34,21(31)32)14-37(35,36)18-10-8-17(9-11-18)26-19(29)15-4-6-16(25)7-5-15/h4-11,34H,12-14H2,1-3H3,(H,26,29)(H,31,32). The predicted octanol–water partition coefficient (Wildman–Crippen LogP) is 1.73. The van der Waals surface area contributed by atoms with E-state index in [1.165, 1.54) is 50.1 Å². The molecule has 1 atom stereocenters. The van der Waals surface area contributed by atoms with Crippen LogP contribution in [0.25, 0.3) is 0 Å². The number of benzene rings is 2. The average molecular weight is 536 g/mol. The van der Waals surface area contributed by atoms with E-state index in [0.717, 1.165) is 29.2 Å². The number of carbonyl (C=O) groups is 4. The molecule has 1 heterocycles. The number of sulfone groups is 1. The summed E-state index contributed by atoms with van der Waals surface area (Å²) in [7, 11) is -2.95. The van der Waals surface area contributed by atoms with Crippen LogP contribution in [-0.4, -0.2) is 82.7 Å². The van der Waals surface area contributed by atoms with Crippen LogP contribution >= 0.6 is 0 Å². The van der Waals surface area contributed by atoms with Gasteiger partial charge in [0, 0.05) is 31.3 Å². The summed E-state index contributed by atoms with van der Waals surface area (Å²) in [6.07, 6.45) is -0.714. The van der Waals surface area contributed by atoms with Crippen LogP contribution in [0.15, 0.2) is 53.4 Å². The molecule has 4 amide bonds. The van der Waals surface area contributed by atoms with Gasteiger partial charge in [0.2, 0.25) is 0 Å². The highest BCUT2D eigenvalue weighted by Crippen LogP contribution is 2.28. The zero-order valence-corrected chi connectivity index (χ0v) is 21.1. The number of hydrogen-bond donors (Lipinski definition) is 3. The van der Waals surface area contributed by atoms with Crippen LogP contribution in [-0.2, 0) is 19.4 Å². The van der Waals surface area contributed by atoms with Gasteiger partial charge in [0.15, 0.2) is 15.4 Å². The van der Waals surface area contributed by atoms with Crippen LogP contribution in [0.4, 0.5) is 14.9 Å². The maximum absolute atomic E-state index is 13.0. The highest BCUT2D eigenvalue weighted by molar-refractivity contribution is 7.91. The van der Waals surface area contributed by atoms with Crippen molar-refractivity contribution in [3.8, 4) is 0 Å². The van der Waals surface area contributed by atoms with Gasteiger partial charge in [-0.2, -0.15) is 0 Å². The number of likely N-dealkylation sites (N-methyl/N-ethyl adjacent to an activating group) is 1. The molecule has 0 saturated carbocycles. The molecule has 1 aliphatic heterocycles. The number of aliphatic hydroxyl groups is 1. The molecule has 13 heteroatoms. The first-order valence-electron chi connectivity index (χ1n) is 11.0. The molecule has 0 aliphatic carbocycles. The molecule has 1 saturated heterocycles. The summed E-state index contributed by atoms with van der Waals surface area (Å²) in [6.45, 7) is 2.51. The summed E-state index contributed by atoms with van der Waals surface area (Å²) in [5.74, 6) is -4.72. The molecule has 0 aromatic heterocycles. The Labute approximate surface area is 212 Å². The number of urea groups is 1. The van der Waals surface area contributed by atoms with Crippen LogP contribution in [0.1, 0.15) is 30.6 Å². The van der Waals surface area contributed by atoms with Crippen molar-refractivity contribution >= 4 is 39.3 Å². The number of carboxylic acid groups (broad SMARTS) is 1. The second-order valence-electron chi connectivity index (χ2n) is 9.19. The lowest BCUT2D eigenvalue weighted by Crippen LogP contribution is -2.48. The Bertz CT molecular complexity index is 1340. The van der Waals surface area contributed by atoms with Crippen molar-refractivity contribution in [1.82, 2.24) is 9.80 Å². The van der Waals surface area contributed by atoms with Gasteiger partial charge in [-0.3, -0.25) is 14.5 Å². The van der Waals surface area contributed by atoms with Gasteiger partial charge in [-0.05, 0) is 62.4 Å². The summed E-state index contributed by atoms with van der Waals surface area (Å²) >= 11 is 0. The van der Waals surface area contributed by atoms with Gasteiger partial charge in [-0.15, -0.1) is 0 Å². The molecular weight excluding hydrogens is 509 g/mol. The Balaban J connectivity index is 1.72. The van der Waals surface area contributed by atoms with Gasteiger partial charge in [0.25, 0.3) is 11.8 Å². The largest absolute Gasteiger partial charge is 0.479 e. The van der Waals surface area contributed by atoms with Crippen LogP contribution in [0.3, 0.4) is 0 Å². The van der Waals surface area contributed by atoms with Gasteiger partial charge in [0.1, 0.15) is 11.4 Å². The van der Waals surface area contributed by atoms with Gasteiger partial charge < -0.3 is 20.4 Å². The molecular formula is C24H26FN3O8S. The second kappa shape index (κ2) is 9.90. The van der Waals surface area contributed by atoms with E-state index in [1.54, 1.807) is 0 Å². The van der Waals surface area contributed by atoms with Crippen molar-refractivity contribution in [3.05, 3.63) is 59.9 Å². The maximum atomic E-state index is 13.0. The number of halogens is 1. The van der Waals surface area contributed by atoms with Gasteiger partial charge >= 0.3 is 12.0 Å². The van der Waals surface area contributed by atoms with E-state index in [4.69, 9.17) is 0 Å². The van der Waals surface area contributed by atoms with E-state index in [0.29, 0.717) is 0 Å². The van der Waals surface area contributed by atoms with Crippen LogP contribution in [0.2, 0.25) is 0 Å². The highest BCUT2D eigenvalue weighted by Gasteiger charge is 2.50. The van der Waals surface area contributed by atoms with Crippen LogP contribution in [0, 0.1) is 5.82 Å². The Kier molecular flexibility index (Phi) is 7.42. The van der Waals surface area contributed by atoms with E-state index in [1.807, 2.05) is 0 Å². The van der Waals surface area contributed by atoms with E-state index in [9.17, 15) is 42.2 Å². The smallest absolute Gasteiger partial charge is 0.336 e. The van der Waals surface area contributed by atoms with Crippen molar-refractivity contribution in [2.75, 3.05) is 24.7 Å². The van der Waals surface area contributed by atoms with Gasteiger partial charge in [0.05, 0.1) is 10.6 Å². The molecule has 37 heavy (non-hydrogen) atoms. The normalized spacial score (nSPS) is 17.0. The Morgan fingerprint density at radius 1 is 1.05 bits per heavy atom. The monoisotopic (exact) mass is 535 g/mol. The number of anilines is 1. The highest BCUT2D eigenvalue weighted by atomic mass is 32.2. The van der Waals surface area contributed by atoms with Crippen molar-refractivity contribution in [2.45, 2.75) is 36.3 Å². The molecule has 2 aromatic rings. The number of aliphatic carboxylic acids is 1. The summed E-state index contributed by atoms with van der Waals surface area (Å²) in [4.78, 5) is 50.6. The lowest BCUT2D eigenvalue weighted by molar-refractivity contribution is -0.157. The molecule has 0 bridgehead atoms. The predicted molar refractivity (Wildman–Crippen MR) is 129 cm³/mol. The van der Waals surface area contributed by atoms with Crippen molar-refractivity contribution in [3.63, 3.8) is 0 Å². The summed E-state index contributed by atoms with van der Waals surface area (Å²) in [5.41, 5.74) is -3.56. The van der Waals surface area contributed by atoms with E-state index < -0.39 is 69.3 Å². The number of carboxylic acids is 1. The van der Waals surface area contributed by atoms with Gasteiger partial charge in [-0.1, -0.05) is 0 Å². The van der Waals surface area contributed by atoms with Crippen LogP contribution < -0.4 is 5.32 Å². The number of nitrogens with zero attached hydrogens (tertiary/aromatic N) is 2. The van der Waals surface area contributed by atoms with E-state index in [-0.39, 0.29) is 16.1 Å². The van der Waals surface area contributed by atoms with Crippen molar-refractivity contribution in [1.29, 1.82) is 0 Å². The third-order valence-electron chi connectivity index (χ3n) is 6.28. The third-order valence-corrected chi connectivity index (χ3v) is 8.13. The maximum Gasteiger partial charge on any atom is 0.336 e. The zero-order valence-electron chi connectivity index (χ0n) is 20.3. The number of hydrogen-bond acceptors (Lipinski definition) is 7. The van der Waals surface area contributed by atoms with Crippen molar-refractivity contribution < 1.29 is 42.2 Å². The molecule has 0 spiro atoms. The molecule has 11 nitrogen and oxygen atoms in total. The first-order valence-corrected chi connectivity index (χ1v) is 12.7. The quantitative estimate of drug-likeness (QED) is 0.409. The molecule has 1 unspecified atom stereocenters.